The third-order valence-electron chi connectivity index (χ3n) is 7.15. The number of amides is 3. The number of nitrogens with one attached hydrogen (secondary N) is 3. The fraction of sp³-hybridized carbons (Fsp3) is 0.475. The molecule has 6 nitrogen and oxygen atoms in total. The lowest BCUT2D eigenvalue weighted by Crippen LogP contribution is -2.47. The lowest BCUT2D eigenvalue weighted by Gasteiger charge is -2.18. The van der Waals surface area contributed by atoms with Gasteiger partial charge in [-0.05, 0) is 82.3 Å². The lowest BCUT2D eigenvalue weighted by atomic mass is 9.96. The van der Waals surface area contributed by atoms with E-state index in [1.54, 1.807) is 6.92 Å². The standard InChI is InChI=1S/C40H59N3O3/c1-6-7-8-9-10-11-12-13-14-15-16-17-18-19-20-21-22-23-24-25-38(44)41-30-31-42-40(46)35(5)43-39(45)34(4)37-28-26-36(27-29-37)32-33(2)3/h7-8,10-11,13-14,16-17,19-20,22-23,26-29,33-35H,6,9,12,15,18,21,24-25,30-32H2,1-5H3,(H,41,44)(H,42,46)(H,43,45)/b8-7-,11-10-,14-13-,17-16-,20-19-,23-22-/t34?,35-/m0/s1. The Morgan fingerprint density at radius 2 is 1.11 bits per heavy atom. The molecule has 0 aliphatic rings. The minimum atomic E-state index is -0.668. The normalized spacial score (nSPS) is 13.6. The fourth-order valence-electron chi connectivity index (χ4n) is 4.45. The van der Waals surface area contributed by atoms with Crippen LogP contribution >= 0.6 is 0 Å². The van der Waals surface area contributed by atoms with Crippen LogP contribution in [-0.4, -0.2) is 36.9 Å². The molecule has 1 aromatic rings. The molecule has 6 heteroatoms. The summed E-state index contributed by atoms with van der Waals surface area (Å²) in [6, 6.07) is 7.43. The first kappa shape index (κ1) is 40.1. The fourth-order valence-corrected chi connectivity index (χ4v) is 4.45. The van der Waals surface area contributed by atoms with Crippen molar-refractivity contribution in [1.82, 2.24) is 16.0 Å². The van der Waals surface area contributed by atoms with Gasteiger partial charge in [-0.1, -0.05) is 118 Å². The summed E-state index contributed by atoms with van der Waals surface area (Å²) in [5.41, 5.74) is 2.17. The SMILES string of the molecule is CC/C=C\C/C=C\C/C=C\C/C=C\C/C=C\C/C=C\CCC(=O)NCCNC(=O)[C@H](C)NC(=O)C(C)c1ccc(CC(C)C)cc1. The first-order valence-electron chi connectivity index (χ1n) is 17.1. The van der Waals surface area contributed by atoms with Gasteiger partial charge in [-0.3, -0.25) is 14.4 Å². The van der Waals surface area contributed by atoms with Crippen molar-refractivity contribution >= 4 is 17.7 Å². The van der Waals surface area contributed by atoms with Crippen LogP contribution in [0.5, 0.6) is 0 Å². The number of hydrogen-bond acceptors (Lipinski definition) is 3. The van der Waals surface area contributed by atoms with Crippen molar-refractivity contribution in [2.45, 2.75) is 104 Å². The average Bonchev–Trinajstić information content (AvgIpc) is 3.03. The summed E-state index contributed by atoms with van der Waals surface area (Å²) in [6.45, 7) is 10.7. The summed E-state index contributed by atoms with van der Waals surface area (Å²) >= 11 is 0. The van der Waals surface area contributed by atoms with Gasteiger partial charge in [-0.25, -0.2) is 0 Å². The summed E-state index contributed by atoms with van der Waals surface area (Å²) in [7, 11) is 0. The molecule has 0 saturated heterocycles. The van der Waals surface area contributed by atoms with E-state index in [0.717, 1.165) is 50.5 Å². The highest BCUT2D eigenvalue weighted by Crippen LogP contribution is 2.18. The molecule has 0 heterocycles. The molecule has 252 valence electrons. The van der Waals surface area contributed by atoms with E-state index in [1.807, 2.05) is 25.1 Å². The maximum atomic E-state index is 12.7. The molecule has 3 N–H and O–H groups in total. The molecule has 1 aromatic carbocycles. The first-order valence-corrected chi connectivity index (χ1v) is 17.1. The second-order valence-electron chi connectivity index (χ2n) is 11.9. The summed E-state index contributed by atoms with van der Waals surface area (Å²) < 4.78 is 0. The molecular formula is C40H59N3O3. The van der Waals surface area contributed by atoms with E-state index < -0.39 is 6.04 Å². The van der Waals surface area contributed by atoms with Crippen molar-refractivity contribution in [3.05, 3.63) is 108 Å². The van der Waals surface area contributed by atoms with Crippen molar-refractivity contribution < 1.29 is 14.4 Å². The molecule has 2 atom stereocenters. The summed E-state index contributed by atoms with van der Waals surface area (Å²) in [4.78, 5) is 37.2. The quantitative estimate of drug-likeness (QED) is 0.0842. The number of allylic oxidation sites excluding steroid dienone is 12. The Bertz CT molecular complexity index is 1170. The van der Waals surface area contributed by atoms with Crippen LogP contribution in [0.2, 0.25) is 0 Å². The van der Waals surface area contributed by atoms with Crippen molar-refractivity contribution in [3.63, 3.8) is 0 Å². The van der Waals surface area contributed by atoms with Crippen LogP contribution in [0.25, 0.3) is 0 Å². The monoisotopic (exact) mass is 629 g/mol. The third-order valence-corrected chi connectivity index (χ3v) is 7.15. The van der Waals surface area contributed by atoms with E-state index in [2.05, 4.69) is 116 Å². The molecule has 0 saturated carbocycles. The van der Waals surface area contributed by atoms with Crippen LogP contribution in [0.15, 0.2) is 97.2 Å². The zero-order valence-electron chi connectivity index (χ0n) is 29.0. The zero-order valence-corrected chi connectivity index (χ0v) is 29.0. The summed E-state index contributed by atoms with van der Waals surface area (Å²) in [5.74, 6) is -0.304. The Kier molecular flexibility index (Phi) is 22.9. The van der Waals surface area contributed by atoms with Crippen LogP contribution in [0, 0.1) is 5.92 Å². The number of carbonyl (C=O) groups excluding carboxylic acids is 3. The molecule has 0 radical (unpaired) electrons. The Morgan fingerprint density at radius 3 is 1.61 bits per heavy atom. The molecular weight excluding hydrogens is 570 g/mol. The van der Waals surface area contributed by atoms with Crippen LogP contribution in [0.1, 0.15) is 103 Å². The molecule has 0 bridgehead atoms. The Morgan fingerprint density at radius 1 is 0.630 bits per heavy atom. The van der Waals surface area contributed by atoms with Crippen molar-refractivity contribution in [3.8, 4) is 0 Å². The largest absolute Gasteiger partial charge is 0.354 e. The molecule has 46 heavy (non-hydrogen) atoms. The molecule has 0 aromatic heterocycles. The van der Waals surface area contributed by atoms with Crippen LogP contribution < -0.4 is 16.0 Å². The van der Waals surface area contributed by atoms with Gasteiger partial charge in [0, 0.05) is 19.5 Å². The van der Waals surface area contributed by atoms with Gasteiger partial charge < -0.3 is 16.0 Å². The molecule has 3 amide bonds. The van der Waals surface area contributed by atoms with E-state index in [0.29, 0.717) is 31.8 Å². The van der Waals surface area contributed by atoms with Gasteiger partial charge in [0.1, 0.15) is 6.04 Å². The van der Waals surface area contributed by atoms with Gasteiger partial charge in [-0.15, -0.1) is 0 Å². The highest BCUT2D eigenvalue weighted by molar-refractivity contribution is 5.90. The average molecular weight is 630 g/mol. The maximum absolute atomic E-state index is 12.7. The van der Waals surface area contributed by atoms with E-state index >= 15 is 0 Å². The first-order chi connectivity index (χ1) is 22.2. The van der Waals surface area contributed by atoms with E-state index in [1.165, 1.54) is 5.56 Å². The number of benzene rings is 1. The molecule has 0 aliphatic heterocycles. The highest BCUT2D eigenvalue weighted by Gasteiger charge is 2.20. The Balaban J connectivity index is 2.11. The number of carbonyl (C=O) groups is 3. The maximum Gasteiger partial charge on any atom is 0.242 e. The highest BCUT2D eigenvalue weighted by atomic mass is 16.2. The van der Waals surface area contributed by atoms with Crippen molar-refractivity contribution in [2.24, 2.45) is 5.92 Å². The van der Waals surface area contributed by atoms with Crippen molar-refractivity contribution in [1.29, 1.82) is 0 Å². The van der Waals surface area contributed by atoms with Gasteiger partial charge in [0.2, 0.25) is 17.7 Å². The van der Waals surface area contributed by atoms with Gasteiger partial charge >= 0.3 is 0 Å². The van der Waals surface area contributed by atoms with Gasteiger partial charge in [0.15, 0.2) is 0 Å². The number of rotatable bonds is 23. The molecule has 1 unspecified atom stereocenters. The summed E-state index contributed by atoms with van der Waals surface area (Å²) in [6.07, 6.45) is 33.8. The van der Waals surface area contributed by atoms with E-state index in [-0.39, 0.29) is 23.6 Å². The predicted molar refractivity (Wildman–Crippen MR) is 194 cm³/mol. The molecule has 0 aliphatic carbocycles. The molecule has 0 fully saturated rings. The smallest absolute Gasteiger partial charge is 0.242 e. The van der Waals surface area contributed by atoms with E-state index in [4.69, 9.17) is 0 Å². The predicted octanol–water partition coefficient (Wildman–Crippen LogP) is 8.20. The van der Waals surface area contributed by atoms with Crippen molar-refractivity contribution in [2.75, 3.05) is 13.1 Å². The topological polar surface area (TPSA) is 87.3 Å². The minimum Gasteiger partial charge on any atom is -0.354 e. The second kappa shape index (κ2) is 26.3. The zero-order chi connectivity index (χ0) is 33.8. The molecule has 1 rings (SSSR count). The lowest BCUT2D eigenvalue weighted by molar-refractivity contribution is -0.129. The summed E-state index contributed by atoms with van der Waals surface area (Å²) in [5, 5.41) is 8.39. The van der Waals surface area contributed by atoms with E-state index in [9.17, 15) is 14.4 Å². The van der Waals surface area contributed by atoms with Gasteiger partial charge in [0.05, 0.1) is 5.92 Å². The van der Waals surface area contributed by atoms with Gasteiger partial charge in [-0.2, -0.15) is 0 Å². The van der Waals surface area contributed by atoms with Crippen LogP contribution in [-0.2, 0) is 20.8 Å². The Hall–Kier alpha value is -3.93. The minimum absolute atomic E-state index is 0.0524. The third kappa shape index (κ3) is 20.9. The second-order valence-corrected chi connectivity index (χ2v) is 11.9. The number of hydrogen-bond donors (Lipinski definition) is 3. The molecule has 0 spiro atoms. The van der Waals surface area contributed by atoms with Crippen LogP contribution in [0.3, 0.4) is 0 Å². The van der Waals surface area contributed by atoms with Crippen LogP contribution in [0.4, 0.5) is 0 Å². The van der Waals surface area contributed by atoms with Gasteiger partial charge in [0.25, 0.3) is 0 Å². The Labute approximate surface area is 279 Å².